The molecule has 0 aromatic heterocycles. The van der Waals surface area contributed by atoms with Crippen molar-refractivity contribution in [3.8, 4) is 0 Å². The molecule has 90 valence electrons. The SMILES string of the molecule is N=C/C(=C\N)C1CNCC(CN2CCC2)C1. The van der Waals surface area contributed by atoms with Gasteiger partial charge in [0.05, 0.1) is 0 Å². The lowest BCUT2D eigenvalue weighted by Gasteiger charge is -2.37. The predicted octanol–water partition coefficient (Wildman–Crippen LogP) is 0.410. The van der Waals surface area contributed by atoms with Gasteiger partial charge in [0.1, 0.15) is 0 Å². The minimum Gasteiger partial charge on any atom is -0.404 e. The molecule has 2 atom stereocenters. The van der Waals surface area contributed by atoms with Crippen LogP contribution < -0.4 is 11.1 Å². The maximum Gasteiger partial charge on any atom is 0.0227 e. The third-order valence-electron chi connectivity index (χ3n) is 3.74. The Hall–Kier alpha value is -0.870. The number of hydrogen-bond acceptors (Lipinski definition) is 4. The first-order chi connectivity index (χ1) is 7.83. The summed E-state index contributed by atoms with van der Waals surface area (Å²) in [5, 5.41) is 10.8. The zero-order valence-corrected chi connectivity index (χ0v) is 9.78. The fourth-order valence-corrected chi connectivity index (χ4v) is 2.66. The summed E-state index contributed by atoms with van der Waals surface area (Å²) in [6.07, 6.45) is 5.52. The molecule has 0 aromatic rings. The summed E-state index contributed by atoms with van der Waals surface area (Å²) >= 11 is 0. The number of piperidine rings is 1. The smallest absolute Gasteiger partial charge is 0.0227 e. The molecule has 2 fully saturated rings. The second-order valence-corrected chi connectivity index (χ2v) is 4.92. The summed E-state index contributed by atoms with van der Waals surface area (Å²) in [6.45, 7) is 5.83. The molecule has 2 aliphatic rings. The molecular formula is C12H22N4. The Labute approximate surface area is 97.4 Å². The minimum absolute atomic E-state index is 0.433. The molecule has 2 rings (SSSR count). The molecule has 0 radical (unpaired) electrons. The van der Waals surface area contributed by atoms with Crippen LogP contribution in [0.2, 0.25) is 0 Å². The van der Waals surface area contributed by atoms with Crippen molar-refractivity contribution in [1.29, 1.82) is 5.41 Å². The van der Waals surface area contributed by atoms with Gasteiger partial charge in [-0.25, -0.2) is 0 Å². The summed E-state index contributed by atoms with van der Waals surface area (Å²) in [7, 11) is 0. The zero-order chi connectivity index (χ0) is 11.4. The van der Waals surface area contributed by atoms with E-state index in [0.29, 0.717) is 11.8 Å². The predicted molar refractivity (Wildman–Crippen MR) is 66.6 cm³/mol. The van der Waals surface area contributed by atoms with Crippen molar-refractivity contribution >= 4 is 6.21 Å². The van der Waals surface area contributed by atoms with Gasteiger partial charge in [0.2, 0.25) is 0 Å². The summed E-state index contributed by atoms with van der Waals surface area (Å²) in [5.74, 6) is 1.15. The Balaban J connectivity index is 1.85. The van der Waals surface area contributed by atoms with E-state index < -0.39 is 0 Å². The lowest BCUT2D eigenvalue weighted by molar-refractivity contribution is 0.133. The standard InChI is InChI=1S/C12H22N4/c13-5-12(6-14)11-4-10(7-15-8-11)9-16-2-1-3-16/h5-6,10-11,13,15H,1-4,7-9,14H2/b12-6+,13-5?. The first-order valence-electron chi connectivity index (χ1n) is 6.19. The van der Waals surface area contributed by atoms with E-state index in [9.17, 15) is 0 Å². The highest BCUT2D eigenvalue weighted by molar-refractivity contribution is 5.76. The van der Waals surface area contributed by atoms with Crippen LogP contribution in [0, 0.1) is 17.2 Å². The second-order valence-electron chi connectivity index (χ2n) is 4.92. The molecule has 0 saturated carbocycles. The zero-order valence-electron chi connectivity index (χ0n) is 9.78. The lowest BCUT2D eigenvalue weighted by atomic mass is 9.85. The molecule has 0 aromatic carbocycles. The summed E-state index contributed by atoms with van der Waals surface area (Å²) in [6, 6.07) is 0. The largest absolute Gasteiger partial charge is 0.404 e. The summed E-state index contributed by atoms with van der Waals surface area (Å²) in [5.41, 5.74) is 6.52. The molecule has 4 nitrogen and oxygen atoms in total. The molecule has 0 amide bonds. The number of nitrogens with one attached hydrogen (secondary N) is 2. The van der Waals surface area contributed by atoms with Gasteiger partial charge in [-0.3, -0.25) is 0 Å². The van der Waals surface area contributed by atoms with Gasteiger partial charge >= 0.3 is 0 Å². The molecule has 2 aliphatic heterocycles. The van der Waals surface area contributed by atoms with E-state index in [1.54, 1.807) is 6.20 Å². The quantitative estimate of drug-likeness (QED) is 0.604. The van der Waals surface area contributed by atoms with Crippen molar-refractivity contribution < 1.29 is 0 Å². The number of nitrogens with two attached hydrogens (primary N) is 1. The highest BCUT2D eigenvalue weighted by Crippen LogP contribution is 2.23. The van der Waals surface area contributed by atoms with Gasteiger partial charge < -0.3 is 21.4 Å². The van der Waals surface area contributed by atoms with Gasteiger partial charge in [-0.05, 0) is 56.1 Å². The van der Waals surface area contributed by atoms with Gasteiger partial charge in [0.25, 0.3) is 0 Å². The minimum atomic E-state index is 0.433. The van der Waals surface area contributed by atoms with Gasteiger partial charge in [-0.1, -0.05) is 0 Å². The average molecular weight is 222 g/mol. The van der Waals surface area contributed by atoms with Crippen LogP contribution in [0.5, 0.6) is 0 Å². The Morgan fingerprint density at radius 2 is 2.25 bits per heavy atom. The molecular weight excluding hydrogens is 200 g/mol. The Morgan fingerprint density at radius 1 is 1.44 bits per heavy atom. The van der Waals surface area contributed by atoms with Crippen molar-refractivity contribution in [2.75, 3.05) is 32.7 Å². The third-order valence-corrected chi connectivity index (χ3v) is 3.74. The number of rotatable bonds is 4. The van der Waals surface area contributed by atoms with Crippen molar-refractivity contribution in [3.05, 3.63) is 11.8 Å². The van der Waals surface area contributed by atoms with E-state index in [2.05, 4.69) is 10.2 Å². The Kier molecular flexibility index (Phi) is 3.96. The molecule has 2 unspecified atom stereocenters. The molecule has 4 heteroatoms. The van der Waals surface area contributed by atoms with E-state index in [1.165, 1.54) is 38.7 Å². The van der Waals surface area contributed by atoms with Crippen molar-refractivity contribution in [2.24, 2.45) is 17.6 Å². The van der Waals surface area contributed by atoms with Crippen LogP contribution in [0.4, 0.5) is 0 Å². The average Bonchev–Trinajstić information content (AvgIpc) is 2.26. The van der Waals surface area contributed by atoms with Gasteiger partial charge in [0.15, 0.2) is 0 Å². The maximum absolute atomic E-state index is 7.34. The Morgan fingerprint density at radius 3 is 2.81 bits per heavy atom. The normalized spacial score (nSPS) is 32.1. The van der Waals surface area contributed by atoms with Crippen LogP contribution in [0.3, 0.4) is 0 Å². The highest BCUT2D eigenvalue weighted by Gasteiger charge is 2.26. The van der Waals surface area contributed by atoms with Crippen LogP contribution >= 0.6 is 0 Å². The van der Waals surface area contributed by atoms with Gasteiger partial charge in [0, 0.05) is 19.3 Å². The summed E-state index contributed by atoms with van der Waals surface area (Å²) < 4.78 is 0. The second kappa shape index (κ2) is 5.46. The van der Waals surface area contributed by atoms with Crippen LogP contribution in [-0.4, -0.2) is 43.8 Å². The van der Waals surface area contributed by atoms with Crippen LogP contribution in [0.25, 0.3) is 0 Å². The number of likely N-dealkylation sites (tertiary alicyclic amines) is 1. The van der Waals surface area contributed by atoms with E-state index >= 15 is 0 Å². The van der Waals surface area contributed by atoms with E-state index in [1.807, 2.05) is 0 Å². The van der Waals surface area contributed by atoms with Crippen molar-refractivity contribution in [2.45, 2.75) is 12.8 Å². The lowest BCUT2D eigenvalue weighted by Crippen LogP contribution is -2.46. The van der Waals surface area contributed by atoms with E-state index in [0.717, 1.165) is 18.7 Å². The van der Waals surface area contributed by atoms with Crippen LogP contribution in [0.15, 0.2) is 11.8 Å². The van der Waals surface area contributed by atoms with Gasteiger partial charge in [-0.15, -0.1) is 0 Å². The van der Waals surface area contributed by atoms with Crippen molar-refractivity contribution in [1.82, 2.24) is 10.2 Å². The topological polar surface area (TPSA) is 65.1 Å². The van der Waals surface area contributed by atoms with Crippen LogP contribution in [-0.2, 0) is 0 Å². The highest BCUT2D eigenvalue weighted by atomic mass is 15.2. The Bertz CT molecular complexity index is 270. The van der Waals surface area contributed by atoms with Crippen LogP contribution in [0.1, 0.15) is 12.8 Å². The molecule has 4 N–H and O–H groups in total. The number of hydrogen-bond donors (Lipinski definition) is 3. The summed E-state index contributed by atoms with van der Waals surface area (Å²) in [4.78, 5) is 2.52. The first kappa shape index (κ1) is 11.6. The molecule has 2 saturated heterocycles. The van der Waals surface area contributed by atoms with E-state index in [4.69, 9.17) is 11.1 Å². The van der Waals surface area contributed by atoms with Crippen molar-refractivity contribution in [3.63, 3.8) is 0 Å². The monoisotopic (exact) mass is 222 g/mol. The van der Waals surface area contributed by atoms with E-state index in [-0.39, 0.29) is 0 Å². The third kappa shape index (κ3) is 2.62. The maximum atomic E-state index is 7.34. The molecule has 2 heterocycles. The molecule has 16 heavy (non-hydrogen) atoms. The number of nitrogens with zero attached hydrogens (tertiary/aromatic N) is 1. The van der Waals surface area contributed by atoms with Gasteiger partial charge in [-0.2, -0.15) is 0 Å². The molecule has 0 aliphatic carbocycles. The fourth-order valence-electron chi connectivity index (χ4n) is 2.66. The first-order valence-corrected chi connectivity index (χ1v) is 6.19. The fraction of sp³-hybridized carbons (Fsp3) is 0.750. The molecule has 0 spiro atoms. The molecule has 0 bridgehead atoms.